The van der Waals surface area contributed by atoms with E-state index in [-0.39, 0.29) is 11.9 Å². The summed E-state index contributed by atoms with van der Waals surface area (Å²) in [5.74, 6) is 1.60. The minimum Gasteiger partial charge on any atom is -0.497 e. The average molecular weight is 507 g/mol. The van der Waals surface area contributed by atoms with Crippen LogP contribution in [0.15, 0.2) is 54.9 Å². The summed E-state index contributed by atoms with van der Waals surface area (Å²) in [6.45, 7) is 2.93. The number of hydrogen-bond acceptors (Lipinski definition) is 8. The number of aromatic nitrogens is 3. The normalized spacial score (nSPS) is 11.5. The molecule has 1 N–H and O–H groups in total. The number of unbranched alkanes of at least 4 members (excludes halogenated alkanes) is 3. The summed E-state index contributed by atoms with van der Waals surface area (Å²) < 4.78 is 15.4. The summed E-state index contributed by atoms with van der Waals surface area (Å²) in [5.41, 5.74) is 3.21. The van der Waals surface area contributed by atoms with Gasteiger partial charge in [0.05, 0.1) is 27.2 Å². The molecule has 0 saturated carbocycles. The van der Waals surface area contributed by atoms with Crippen molar-refractivity contribution in [3.8, 4) is 11.8 Å². The van der Waals surface area contributed by atoms with Gasteiger partial charge in [0.25, 0.3) is 0 Å². The molecule has 0 saturated heterocycles. The minimum absolute atomic E-state index is 0.0417. The van der Waals surface area contributed by atoms with Crippen LogP contribution in [0, 0.1) is 0 Å². The first-order chi connectivity index (χ1) is 18.1. The molecule has 0 aliphatic heterocycles. The number of nitrogens with zero attached hydrogens (tertiary/aromatic N) is 3. The van der Waals surface area contributed by atoms with E-state index >= 15 is 0 Å². The predicted octanol–water partition coefficient (Wildman–Crippen LogP) is 5.73. The van der Waals surface area contributed by atoms with Crippen LogP contribution < -0.4 is 14.8 Å². The van der Waals surface area contributed by atoms with Gasteiger partial charge in [0.1, 0.15) is 11.6 Å². The molecule has 3 rings (SSSR count). The van der Waals surface area contributed by atoms with Crippen molar-refractivity contribution < 1.29 is 19.0 Å². The summed E-state index contributed by atoms with van der Waals surface area (Å²) >= 11 is 0. The van der Waals surface area contributed by atoms with Gasteiger partial charge < -0.3 is 19.5 Å². The molecule has 2 heterocycles. The second-order valence-electron chi connectivity index (χ2n) is 8.88. The van der Waals surface area contributed by atoms with Crippen LogP contribution in [0.1, 0.15) is 68.2 Å². The first kappa shape index (κ1) is 27.9. The van der Waals surface area contributed by atoms with E-state index in [1.54, 1.807) is 19.5 Å². The summed E-state index contributed by atoms with van der Waals surface area (Å²) in [6.07, 6.45) is 9.95. The number of aryl methyl sites for hydroxylation is 1. The lowest BCUT2D eigenvalue weighted by Crippen LogP contribution is -2.11. The Morgan fingerprint density at radius 1 is 0.946 bits per heavy atom. The molecule has 0 amide bonds. The number of ether oxygens (including phenoxy) is 3. The van der Waals surface area contributed by atoms with Gasteiger partial charge in [-0.2, -0.15) is 0 Å². The third-order valence-corrected chi connectivity index (χ3v) is 6.20. The van der Waals surface area contributed by atoms with Gasteiger partial charge in [0.15, 0.2) is 0 Å². The lowest BCUT2D eigenvalue weighted by atomic mass is 9.92. The van der Waals surface area contributed by atoms with E-state index in [1.807, 2.05) is 25.1 Å². The Morgan fingerprint density at radius 2 is 1.70 bits per heavy atom. The summed E-state index contributed by atoms with van der Waals surface area (Å²) in [7, 11) is 3.21. The Balaban J connectivity index is 1.40. The number of anilines is 1. The predicted molar refractivity (Wildman–Crippen MR) is 144 cm³/mol. The van der Waals surface area contributed by atoms with Gasteiger partial charge in [-0.15, -0.1) is 0 Å². The molecular formula is C29H38N4O4. The molecule has 1 aromatic carbocycles. The lowest BCUT2D eigenvalue weighted by Gasteiger charge is -2.16. The first-order valence-electron chi connectivity index (χ1n) is 13.0. The first-order valence-corrected chi connectivity index (χ1v) is 13.0. The maximum Gasteiger partial charge on any atom is 0.316 e. The number of methoxy groups -OCH3 is 2. The van der Waals surface area contributed by atoms with Gasteiger partial charge in [0, 0.05) is 24.6 Å². The maximum atomic E-state index is 12.1. The molecule has 0 radical (unpaired) electrons. The molecule has 0 aliphatic carbocycles. The Morgan fingerprint density at radius 3 is 2.41 bits per heavy atom. The zero-order valence-corrected chi connectivity index (χ0v) is 22.1. The van der Waals surface area contributed by atoms with E-state index in [0.29, 0.717) is 25.6 Å². The van der Waals surface area contributed by atoms with E-state index in [0.717, 1.165) is 61.3 Å². The molecule has 8 heteroatoms. The Bertz CT molecular complexity index is 1070. The van der Waals surface area contributed by atoms with E-state index in [9.17, 15) is 4.79 Å². The summed E-state index contributed by atoms with van der Waals surface area (Å²) in [4.78, 5) is 25.3. The van der Waals surface area contributed by atoms with Crippen molar-refractivity contribution in [2.75, 3.05) is 26.1 Å². The molecule has 37 heavy (non-hydrogen) atoms. The van der Waals surface area contributed by atoms with Gasteiger partial charge in [0.2, 0.25) is 0 Å². The van der Waals surface area contributed by atoms with Crippen LogP contribution in [0.3, 0.4) is 0 Å². The highest BCUT2D eigenvalue weighted by molar-refractivity contribution is 5.70. The van der Waals surface area contributed by atoms with Crippen molar-refractivity contribution in [1.82, 2.24) is 15.0 Å². The minimum atomic E-state index is -0.185. The highest BCUT2D eigenvalue weighted by Crippen LogP contribution is 2.26. The van der Waals surface area contributed by atoms with Crippen molar-refractivity contribution >= 4 is 11.8 Å². The van der Waals surface area contributed by atoms with Gasteiger partial charge in [-0.25, -0.2) is 15.0 Å². The maximum absolute atomic E-state index is 12.1. The molecule has 1 unspecified atom stereocenters. The molecule has 0 spiro atoms. The fourth-order valence-corrected chi connectivity index (χ4v) is 4.15. The Labute approximate surface area is 219 Å². The molecule has 0 bridgehead atoms. The number of pyridine rings is 1. The number of hydrogen-bond donors (Lipinski definition) is 1. The van der Waals surface area contributed by atoms with Crippen LogP contribution >= 0.6 is 0 Å². The molecule has 2 aromatic heterocycles. The second kappa shape index (κ2) is 15.4. The average Bonchev–Trinajstić information content (AvgIpc) is 2.94. The molecule has 198 valence electrons. The SMILES string of the molecule is CCOC(=O)CC(CCCCCCc1cccc(NCc2ccc(OC)cc2)n1)c1cnc(OC)nc1. The molecule has 8 nitrogen and oxygen atoms in total. The monoisotopic (exact) mass is 506 g/mol. The number of carbonyl (C=O) groups is 1. The van der Waals surface area contributed by atoms with E-state index in [1.165, 1.54) is 12.7 Å². The summed E-state index contributed by atoms with van der Waals surface area (Å²) in [6, 6.07) is 14.5. The van der Waals surface area contributed by atoms with Gasteiger partial charge >= 0.3 is 12.0 Å². The Kier molecular flexibility index (Phi) is 11.6. The van der Waals surface area contributed by atoms with Crippen LogP contribution in [-0.4, -0.2) is 41.7 Å². The zero-order valence-electron chi connectivity index (χ0n) is 22.1. The molecule has 0 fully saturated rings. The molecule has 1 atom stereocenters. The van der Waals surface area contributed by atoms with Crippen LogP contribution in [0.2, 0.25) is 0 Å². The molecule has 3 aromatic rings. The van der Waals surface area contributed by atoms with Gasteiger partial charge in [-0.3, -0.25) is 4.79 Å². The Hall–Kier alpha value is -3.68. The van der Waals surface area contributed by atoms with Crippen LogP contribution in [0.25, 0.3) is 0 Å². The fourth-order valence-electron chi connectivity index (χ4n) is 4.15. The van der Waals surface area contributed by atoms with Crippen molar-refractivity contribution in [2.45, 2.75) is 64.3 Å². The summed E-state index contributed by atoms with van der Waals surface area (Å²) in [5, 5.41) is 3.40. The third-order valence-electron chi connectivity index (χ3n) is 6.20. The number of esters is 1. The smallest absolute Gasteiger partial charge is 0.316 e. The molecular weight excluding hydrogens is 468 g/mol. The highest BCUT2D eigenvalue weighted by atomic mass is 16.5. The number of rotatable bonds is 16. The van der Waals surface area contributed by atoms with E-state index < -0.39 is 0 Å². The number of carbonyl (C=O) groups excluding carboxylic acids is 1. The van der Waals surface area contributed by atoms with E-state index in [2.05, 4.69) is 39.6 Å². The number of benzene rings is 1. The van der Waals surface area contributed by atoms with Crippen molar-refractivity contribution in [3.05, 3.63) is 71.7 Å². The van der Waals surface area contributed by atoms with Crippen LogP contribution in [0.4, 0.5) is 5.82 Å². The topological polar surface area (TPSA) is 95.5 Å². The zero-order chi connectivity index (χ0) is 26.3. The standard InChI is InChI=1S/C29H38N4O4/c1-4-37-28(34)18-23(24-20-31-29(36-3)32-21-24)10-7-5-6-8-11-25-12-9-13-27(33-25)30-19-22-14-16-26(35-2)17-15-22/h9,12-17,20-21,23H,4-8,10-11,18-19H2,1-3H3,(H,30,33). The van der Waals surface area contributed by atoms with E-state index in [4.69, 9.17) is 19.2 Å². The second-order valence-corrected chi connectivity index (χ2v) is 8.88. The fraction of sp³-hybridized carbons (Fsp3) is 0.448. The van der Waals surface area contributed by atoms with Crippen molar-refractivity contribution in [2.24, 2.45) is 0 Å². The van der Waals surface area contributed by atoms with Gasteiger partial charge in [-0.1, -0.05) is 37.5 Å². The van der Waals surface area contributed by atoms with Crippen LogP contribution in [-0.2, 0) is 22.5 Å². The number of nitrogens with one attached hydrogen (secondary N) is 1. The third kappa shape index (κ3) is 9.71. The van der Waals surface area contributed by atoms with Crippen molar-refractivity contribution in [1.29, 1.82) is 0 Å². The molecule has 0 aliphatic rings. The lowest BCUT2D eigenvalue weighted by molar-refractivity contribution is -0.143. The van der Waals surface area contributed by atoms with Crippen molar-refractivity contribution in [3.63, 3.8) is 0 Å². The largest absolute Gasteiger partial charge is 0.497 e. The van der Waals surface area contributed by atoms with Gasteiger partial charge in [-0.05, 0) is 67.5 Å². The quantitative estimate of drug-likeness (QED) is 0.194. The van der Waals surface area contributed by atoms with Crippen LogP contribution in [0.5, 0.6) is 11.8 Å². The highest BCUT2D eigenvalue weighted by Gasteiger charge is 2.18.